The van der Waals surface area contributed by atoms with Gasteiger partial charge in [-0.05, 0) is 24.3 Å². The Hall–Kier alpha value is -2.51. The van der Waals surface area contributed by atoms with E-state index in [0.717, 1.165) is 12.1 Å². The molecule has 2 rings (SSSR count). The quantitative estimate of drug-likeness (QED) is 0.921. The van der Waals surface area contributed by atoms with Crippen LogP contribution in [0.15, 0.2) is 36.7 Å². The van der Waals surface area contributed by atoms with E-state index in [0.29, 0.717) is 5.75 Å². The van der Waals surface area contributed by atoms with Crippen LogP contribution in [-0.2, 0) is 17.5 Å². The van der Waals surface area contributed by atoms with E-state index >= 15 is 0 Å². The Balaban J connectivity index is 2.00. The third kappa shape index (κ3) is 4.23. The number of aryl methyl sites for hydroxylation is 1. The molecule has 112 valence electrons. The summed E-state index contributed by atoms with van der Waals surface area (Å²) in [6.07, 6.45) is -1.64. The van der Waals surface area contributed by atoms with Crippen molar-refractivity contribution in [3.8, 4) is 11.5 Å². The smallest absolute Gasteiger partial charge is 0.416 e. The monoisotopic (exact) mass is 300 g/mol. The highest BCUT2D eigenvalue weighted by atomic mass is 19.4. The normalized spacial score (nSPS) is 11.4. The van der Waals surface area contributed by atoms with Gasteiger partial charge in [0.2, 0.25) is 0 Å². The van der Waals surface area contributed by atoms with Gasteiger partial charge < -0.3 is 9.84 Å². The number of carbonyl (C=O) groups is 1. The van der Waals surface area contributed by atoms with E-state index in [4.69, 9.17) is 9.84 Å². The highest BCUT2D eigenvalue weighted by Gasteiger charge is 2.30. The standard InChI is InChI=1S/C13H11F3N2O3/c14-13(15,16)9-1-3-10(4-2-9)21-11-7-17-18(8-11)6-5-12(19)20/h1-4,7-8H,5-6H2,(H,19,20). The van der Waals surface area contributed by atoms with Crippen molar-refractivity contribution >= 4 is 5.97 Å². The molecule has 0 bridgehead atoms. The second-order valence-electron chi connectivity index (χ2n) is 4.21. The van der Waals surface area contributed by atoms with Gasteiger partial charge in [-0.1, -0.05) is 0 Å². The molecule has 1 aromatic carbocycles. The molecule has 1 aromatic heterocycles. The molecule has 2 aromatic rings. The van der Waals surface area contributed by atoms with Crippen LogP contribution < -0.4 is 4.74 Å². The van der Waals surface area contributed by atoms with Gasteiger partial charge in [-0.3, -0.25) is 9.48 Å². The summed E-state index contributed by atoms with van der Waals surface area (Å²) in [5.74, 6) is -0.392. The van der Waals surface area contributed by atoms with Crippen LogP contribution in [0.5, 0.6) is 11.5 Å². The molecular formula is C13H11F3N2O3. The zero-order chi connectivity index (χ0) is 15.5. The van der Waals surface area contributed by atoms with Crippen molar-refractivity contribution in [1.82, 2.24) is 9.78 Å². The fourth-order valence-electron chi connectivity index (χ4n) is 1.58. The first-order valence-corrected chi connectivity index (χ1v) is 5.94. The summed E-state index contributed by atoms with van der Waals surface area (Å²) in [5.41, 5.74) is -0.757. The number of alkyl halides is 3. The van der Waals surface area contributed by atoms with E-state index < -0.39 is 17.7 Å². The number of rotatable bonds is 5. The van der Waals surface area contributed by atoms with Crippen LogP contribution in [0.4, 0.5) is 13.2 Å². The molecule has 8 heteroatoms. The number of aliphatic carboxylic acids is 1. The van der Waals surface area contributed by atoms with E-state index in [2.05, 4.69) is 5.10 Å². The van der Waals surface area contributed by atoms with E-state index in [1.165, 1.54) is 29.2 Å². The molecule has 0 radical (unpaired) electrons. The summed E-state index contributed by atoms with van der Waals surface area (Å²) in [4.78, 5) is 10.4. The first-order chi connectivity index (χ1) is 9.84. The summed E-state index contributed by atoms with van der Waals surface area (Å²) >= 11 is 0. The zero-order valence-electron chi connectivity index (χ0n) is 10.7. The van der Waals surface area contributed by atoms with Gasteiger partial charge in [-0.15, -0.1) is 0 Å². The number of halogens is 3. The maximum atomic E-state index is 12.4. The first kappa shape index (κ1) is 14.9. The number of aromatic nitrogens is 2. The number of hydrogen-bond acceptors (Lipinski definition) is 3. The second-order valence-corrected chi connectivity index (χ2v) is 4.21. The van der Waals surface area contributed by atoms with Crippen molar-refractivity contribution in [1.29, 1.82) is 0 Å². The molecule has 0 aliphatic heterocycles. The van der Waals surface area contributed by atoms with Crippen LogP contribution in [0.25, 0.3) is 0 Å². The molecule has 1 heterocycles. The minimum Gasteiger partial charge on any atom is -0.481 e. The molecule has 5 nitrogen and oxygen atoms in total. The van der Waals surface area contributed by atoms with Crippen LogP contribution in [0.1, 0.15) is 12.0 Å². The lowest BCUT2D eigenvalue weighted by molar-refractivity contribution is -0.138. The number of benzene rings is 1. The third-order valence-corrected chi connectivity index (χ3v) is 2.58. The van der Waals surface area contributed by atoms with E-state index in [1.807, 2.05) is 0 Å². The molecule has 0 unspecified atom stereocenters. The zero-order valence-corrected chi connectivity index (χ0v) is 10.7. The first-order valence-electron chi connectivity index (χ1n) is 5.94. The summed E-state index contributed by atoms with van der Waals surface area (Å²) < 4.78 is 43.9. The van der Waals surface area contributed by atoms with Crippen molar-refractivity contribution in [3.05, 3.63) is 42.2 Å². The second kappa shape index (κ2) is 5.86. The van der Waals surface area contributed by atoms with Crippen molar-refractivity contribution in [2.24, 2.45) is 0 Å². The van der Waals surface area contributed by atoms with E-state index in [1.54, 1.807) is 0 Å². The van der Waals surface area contributed by atoms with Gasteiger partial charge in [0, 0.05) is 0 Å². The summed E-state index contributed by atoms with van der Waals surface area (Å²) in [7, 11) is 0. The van der Waals surface area contributed by atoms with Gasteiger partial charge in [0.25, 0.3) is 0 Å². The molecule has 0 spiro atoms. The Bertz CT molecular complexity index is 620. The fraction of sp³-hybridized carbons (Fsp3) is 0.231. The predicted molar refractivity (Wildman–Crippen MR) is 66.0 cm³/mol. The predicted octanol–water partition coefficient (Wildman–Crippen LogP) is 3.17. The Morgan fingerprint density at radius 1 is 1.24 bits per heavy atom. The maximum absolute atomic E-state index is 12.4. The lowest BCUT2D eigenvalue weighted by atomic mass is 10.2. The van der Waals surface area contributed by atoms with Crippen LogP contribution in [-0.4, -0.2) is 20.9 Å². The number of carboxylic acids is 1. The number of hydrogen-bond donors (Lipinski definition) is 1. The molecule has 0 saturated heterocycles. The summed E-state index contributed by atoms with van der Waals surface area (Å²) in [6.45, 7) is 0.186. The average Bonchev–Trinajstić information content (AvgIpc) is 2.83. The SMILES string of the molecule is O=C(O)CCn1cc(Oc2ccc(C(F)(F)F)cc2)cn1. The Morgan fingerprint density at radius 3 is 2.48 bits per heavy atom. The molecule has 0 saturated carbocycles. The Kier molecular flexibility index (Phi) is 4.15. The van der Waals surface area contributed by atoms with Crippen LogP contribution in [0.2, 0.25) is 0 Å². The summed E-state index contributed by atoms with van der Waals surface area (Å²) in [5, 5.41) is 12.4. The largest absolute Gasteiger partial charge is 0.481 e. The molecule has 0 amide bonds. The molecule has 0 fully saturated rings. The Morgan fingerprint density at radius 2 is 1.90 bits per heavy atom. The van der Waals surface area contributed by atoms with Crippen molar-refractivity contribution < 1.29 is 27.8 Å². The van der Waals surface area contributed by atoms with Gasteiger partial charge in [0.1, 0.15) is 5.75 Å². The average molecular weight is 300 g/mol. The highest BCUT2D eigenvalue weighted by molar-refractivity contribution is 5.66. The topological polar surface area (TPSA) is 64.3 Å². The lowest BCUT2D eigenvalue weighted by Gasteiger charge is -2.07. The van der Waals surface area contributed by atoms with Gasteiger partial charge in [-0.25, -0.2) is 0 Å². The molecular weight excluding hydrogens is 289 g/mol. The molecule has 0 aliphatic carbocycles. The lowest BCUT2D eigenvalue weighted by Crippen LogP contribution is -2.04. The number of carboxylic acid groups (broad SMARTS) is 1. The minimum atomic E-state index is -4.39. The van der Waals surface area contributed by atoms with Gasteiger partial charge in [-0.2, -0.15) is 18.3 Å². The van der Waals surface area contributed by atoms with Gasteiger partial charge >= 0.3 is 12.1 Å². The van der Waals surface area contributed by atoms with Crippen LogP contribution >= 0.6 is 0 Å². The molecule has 1 N–H and O–H groups in total. The van der Waals surface area contributed by atoms with Crippen molar-refractivity contribution in [3.63, 3.8) is 0 Å². The minimum absolute atomic E-state index is 0.0819. The van der Waals surface area contributed by atoms with Crippen molar-refractivity contribution in [2.75, 3.05) is 0 Å². The van der Waals surface area contributed by atoms with E-state index in [-0.39, 0.29) is 18.7 Å². The highest BCUT2D eigenvalue weighted by Crippen LogP contribution is 2.31. The summed E-state index contributed by atoms with van der Waals surface area (Å²) in [6, 6.07) is 4.25. The van der Waals surface area contributed by atoms with Crippen LogP contribution in [0, 0.1) is 0 Å². The van der Waals surface area contributed by atoms with Gasteiger partial charge in [0.05, 0.1) is 30.9 Å². The third-order valence-electron chi connectivity index (χ3n) is 2.58. The molecule has 21 heavy (non-hydrogen) atoms. The maximum Gasteiger partial charge on any atom is 0.416 e. The number of ether oxygens (including phenoxy) is 1. The van der Waals surface area contributed by atoms with Gasteiger partial charge in [0.15, 0.2) is 5.75 Å². The van der Waals surface area contributed by atoms with E-state index in [9.17, 15) is 18.0 Å². The fourth-order valence-corrected chi connectivity index (χ4v) is 1.58. The van der Waals surface area contributed by atoms with Crippen molar-refractivity contribution in [2.45, 2.75) is 19.1 Å². The molecule has 0 aliphatic rings. The van der Waals surface area contributed by atoms with Crippen LogP contribution in [0.3, 0.4) is 0 Å². The number of nitrogens with zero attached hydrogens (tertiary/aromatic N) is 2. The molecule has 0 atom stereocenters. The Labute approximate surface area is 117 Å².